The summed E-state index contributed by atoms with van der Waals surface area (Å²) in [5, 5.41) is 3.45. The minimum atomic E-state index is -0.384. The fraction of sp³-hybridized carbons (Fsp3) is 0.267. The molecule has 1 heterocycles. The molecule has 0 unspecified atom stereocenters. The molecule has 2 amide bonds. The van der Waals surface area contributed by atoms with Crippen molar-refractivity contribution in [2.24, 2.45) is 5.73 Å². The normalized spacial score (nSPS) is 10.5. The second-order valence-electron chi connectivity index (χ2n) is 4.79. The summed E-state index contributed by atoms with van der Waals surface area (Å²) in [5.74, 6) is -0.224. The van der Waals surface area contributed by atoms with E-state index in [2.05, 4.69) is 10.3 Å². The second-order valence-corrected chi connectivity index (χ2v) is 7.50. The van der Waals surface area contributed by atoms with Gasteiger partial charge in [-0.15, -0.1) is 11.3 Å². The first-order chi connectivity index (χ1) is 11.0. The SMILES string of the molecule is Cc1nc(SCC(=O)NCc2ccccc2Cl)sc1CC(N)=O. The molecule has 0 saturated carbocycles. The van der Waals surface area contributed by atoms with E-state index in [0.717, 1.165) is 20.5 Å². The lowest BCUT2D eigenvalue weighted by molar-refractivity contribution is -0.119. The minimum absolute atomic E-state index is 0.0979. The quantitative estimate of drug-likeness (QED) is 0.734. The average molecular weight is 370 g/mol. The highest BCUT2D eigenvalue weighted by Crippen LogP contribution is 2.27. The largest absolute Gasteiger partial charge is 0.369 e. The lowest BCUT2D eigenvalue weighted by Crippen LogP contribution is -2.24. The third-order valence-corrected chi connectivity index (χ3v) is 5.64. The molecule has 2 aromatic rings. The van der Waals surface area contributed by atoms with Crippen molar-refractivity contribution in [3.63, 3.8) is 0 Å². The van der Waals surface area contributed by atoms with Crippen molar-refractivity contribution in [3.8, 4) is 0 Å². The molecule has 1 aromatic carbocycles. The van der Waals surface area contributed by atoms with Gasteiger partial charge in [-0.2, -0.15) is 0 Å². The van der Waals surface area contributed by atoms with Crippen LogP contribution in [0.1, 0.15) is 16.1 Å². The number of nitrogens with zero attached hydrogens (tertiary/aromatic N) is 1. The van der Waals surface area contributed by atoms with Crippen molar-refractivity contribution < 1.29 is 9.59 Å². The van der Waals surface area contributed by atoms with Crippen LogP contribution in [0.5, 0.6) is 0 Å². The summed E-state index contributed by atoms with van der Waals surface area (Å²) in [6, 6.07) is 7.38. The summed E-state index contributed by atoms with van der Waals surface area (Å²) in [7, 11) is 0. The van der Waals surface area contributed by atoms with E-state index in [1.54, 1.807) is 6.07 Å². The summed E-state index contributed by atoms with van der Waals surface area (Å²) in [6.07, 6.45) is 0.183. The number of carbonyl (C=O) groups excluding carboxylic acids is 2. The number of aromatic nitrogens is 1. The maximum atomic E-state index is 11.9. The maximum Gasteiger partial charge on any atom is 0.230 e. The van der Waals surface area contributed by atoms with Crippen molar-refractivity contribution in [2.75, 3.05) is 5.75 Å². The van der Waals surface area contributed by atoms with E-state index in [9.17, 15) is 9.59 Å². The monoisotopic (exact) mass is 369 g/mol. The summed E-state index contributed by atoms with van der Waals surface area (Å²) < 4.78 is 0.756. The van der Waals surface area contributed by atoms with Crippen LogP contribution in [-0.2, 0) is 22.6 Å². The molecule has 0 saturated heterocycles. The van der Waals surface area contributed by atoms with Crippen LogP contribution in [0, 0.1) is 6.92 Å². The minimum Gasteiger partial charge on any atom is -0.369 e. The predicted molar refractivity (Wildman–Crippen MR) is 93.8 cm³/mol. The van der Waals surface area contributed by atoms with Gasteiger partial charge < -0.3 is 11.1 Å². The van der Waals surface area contributed by atoms with Crippen LogP contribution in [0.15, 0.2) is 28.6 Å². The van der Waals surface area contributed by atoms with Crippen molar-refractivity contribution in [3.05, 3.63) is 45.4 Å². The lowest BCUT2D eigenvalue weighted by atomic mass is 10.2. The van der Waals surface area contributed by atoms with Crippen LogP contribution < -0.4 is 11.1 Å². The molecule has 0 aliphatic rings. The fourth-order valence-corrected chi connectivity index (χ4v) is 4.08. The van der Waals surface area contributed by atoms with Crippen LogP contribution >= 0.6 is 34.7 Å². The van der Waals surface area contributed by atoms with E-state index in [0.29, 0.717) is 11.6 Å². The fourth-order valence-electron chi connectivity index (χ4n) is 1.80. The third kappa shape index (κ3) is 5.53. The molecular weight excluding hydrogens is 354 g/mol. The summed E-state index contributed by atoms with van der Waals surface area (Å²) in [5.41, 5.74) is 6.85. The molecule has 1 aromatic heterocycles. The predicted octanol–water partition coefficient (Wildman–Crippen LogP) is 2.54. The number of hydrogen-bond donors (Lipinski definition) is 2. The van der Waals surface area contributed by atoms with Gasteiger partial charge in [0, 0.05) is 16.4 Å². The molecular formula is C15H16ClN3O2S2. The number of hydrogen-bond acceptors (Lipinski definition) is 5. The first kappa shape index (κ1) is 17.8. The number of amides is 2. The Kier molecular flexibility index (Phi) is 6.44. The molecule has 2 rings (SSSR count). The second kappa shape index (κ2) is 8.33. The zero-order chi connectivity index (χ0) is 16.8. The molecule has 0 aliphatic carbocycles. The Hall–Kier alpha value is -1.57. The molecule has 8 heteroatoms. The Balaban J connectivity index is 1.83. The Morgan fingerprint density at radius 2 is 2.13 bits per heavy atom. The Bertz CT molecular complexity index is 718. The summed E-state index contributed by atoms with van der Waals surface area (Å²) in [6.45, 7) is 2.22. The van der Waals surface area contributed by atoms with Crippen molar-refractivity contribution in [2.45, 2.75) is 24.2 Å². The van der Waals surface area contributed by atoms with Gasteiger partial charge in [0.2, 0.25) is 11.8 Å². The standard InChI is InChI=1S/C15H16ClN3O2S2/c1-9-12(6-13(17)20)23-15(19-9)22-8-14(21)18-7-10-4-2-3-5-11(10)16/h2-5H,6-8H2,1H3,(H2,17,20)(H,18,21). The molecule has 0 fully saturated rings. The number of halogens is 1. The van der Waals surface area contributed by atoms with E-state index >= 15 is 0 Å². The molecule has 122 valence electrons. The number of rotatable bonds is 7. The maximum absolute atomic E-state index is 11.9. The number of carbonyl (C=O) groups is 2. The Morgan fingerprint density at radius 1 is 1.39 bits per heavy atom. The average Bonchev–Trinajstić information content (AvgIpc) is 2.84. The number of thioether (sulfide) groups is 1. The van der Waals surface area contributed by atoms with Gasteiger partial charge in [0.1, 0.15) is 0 Å². The molecule has 3 N–H and O–H groups in total. The summed E-state index contributed by atoms with van der Waals surface area (Å²) in [4.78, 5) is 28.0. The van der Waals surface area contributed by atoms with Crippen LogP contribution in [0.3, 0.4) is 0 Å². The van der Waals surface area contributed by atoms with Crippen LogP contribution in [0.25, 0.3) is 0 Å². The van der Waals surface area contributed by atoms with E-state index < -0.39 is 0 Å². The number of nitrogens with one attached hydrogen (secondary N) is 1. The number of primary amides is 1. The molecule has 0 bridgehead atoms. The topological polar surface area (TPSA) is 85.1 Å². The van der Waals surface area contributed by atoms with Crippen molar-refractivity contribution >= 4 is 46.5 Å². The zero-order valence-electron chi connectivity index (χ0n) is 12.5. The highest BCUT2D eigenvalue weighted by molar-refractivity contribution is 8.01. The first-order valence-corrected chi connectivity index (χ1v) is 9.01. The van der Waals surface area contributed by atoms with E-state index in [4.69, 9.17) is 17.3 Å². The van der Waals surface area contributed by atoms with Gasteiger partial charge in [-0.3, -0.25) is 9.59 Å². The number of nitrogens with two attached hydrogens (primary N) is 1. The molecule has 0 aliphatic heterocycles. The van der Waals surface area contributed by atoms with Gasteiger partial charge in [-0.05, 0) is 18.6 Å². The number of benzene rings is 1. The zero-order valence-corrected chi connectivity index (χ0v) is 14.9. The van der Waals surface area contributed by atoms with Gasteiger partial charge >= 0.3 is 0 Å². The third-order valence-electron chi connectivity index (χ3n) is 2.97. The number of aryl methyl sites for hydroxylation is 1. The smallest absolute Gasteiger partial charge is 0.230 e. The molecule has 0 atom stereocenters. The van der Waals surface area contributed by atoms with Crippen LogP contribution in [-0.4, -0.2) is 22.6 Å². The van der Waals surface area contributed by atoms with E-state index in [1.807, 2.05) is 25.1 Å². The van der Waals surface area contributed by atoms with Gasteiger partial charge in [-0.25, -0.2) is 4.98 Å². The van der Waals surface area contributed by atoms with Gasteiger partial charge in [0.15, 0.2) is 4.34 Å². The van der Waals surface area contributed by atoms with Crippen LogP contribution in [0.2, 0.25) is 5.02 Å². The summed E-state index contributed by atoms with van der Waals surface area (Å²) >= 11 is 8.78. The van der Waals surface area contributed by atoms with Gasteiger partial charge in [0.05, 0.1) is 17.9 Å². The van der Waals surface area contributed by atoms with Gasteiger partial charge in [-0.1, -0.05) is 41.6 Å². The highest BCUT2D eigenvalue weighted by Gasteiger charge is 2.12. The molecule has 23 heavy (non-hydrogen) atoms. The molecule has 0 radical (unpaired) electrons. The number of thiazole rings is 1. The van der Waals surface area contributed by atoms with E-state index in [1.165, 1.54) is 23.1 Å². The lowest BCUT2D eigenvalue weighted by Gasteiger charge is -2.06. The van der Waals surface area contributed by atoms with Crippen molar-refractivity contribution in [1.29, 1.82) is 0 Å². The highest BCUT2D eigenvalue weighted by atomic mass is 35.5. The Morgan fingerprint density at radius 3 is 2.83 bits per heavy atom. The first-order valence-electron chi connectivity index (χ1n) is 6.83. The van der Waals surface area contributed by atoms with Crippen molar-refractivity contribution in [1.82, 2.24) is 10.3 Å². The molecule has 0 spiro atoms. The van der Waals surface area contributed by atoms with Crippen LogP contribution in [0.4, 0.5) is 0 Å². The van der Waals surface area contributed by atoms with E-state index in [-0.39, 0.29) is 24.0 Å². The van der Waals surface area contributed by atoms with Gasteiger partial charge in [0.25, 0.3) is 0 Å². The molecule has 5 nitrogen and oxygen atoms in total. The Labute approximate surface area is 147 Å².